The number of hydrogen-bond donors (Lipinski definition) is 3. The van der Waals surface area contributed by atoms with E-state index in [1.54, 1.807) is 17.0 Å². The summed E-state index contributed by atoms with van der Waals surface area (Å²) in [5, 5.41) is 6.96. The average molecular weight is 272 g/mol. The summed E-state index contributed by atoms with van der Waals surface area (Å²) in [6.45, 7) is 2.07. The monoisotopic (exact) mass is 272 g/mol. The van der Waals surface area contributed by atoms with E-state index in [4.69, 9.17) is 0 Å². The second-order valence-electron chi connectivity index (χ2n) is 5.21. The Hall–Kier alpha value is -2.01. The Morgan fingerprint density at radius 2 is 2.10 bits per heavy atom. The van der Waals surface area contributed by atoms with Gasteiger partial charge in [0.25, 0.3) is 0 Å². The summed E-state index contributed by atoms with van der Waals surface area (Å²) >= 11 is 0. The number of aromatic nitrogens is 2. The number of piperidine rings is 1. The maximum Gasteiger partial charge on any atom is 0.330 e. The highest BCUT2D eigenvalue weighted by Gasteiger charge is 2.11. The summed E-state index contributed by atoms with van der Waals surface area (Å²) in [4.78, 5) is 14.2. The first-order valence-corrected chi connectivity index (χ1v) is 7.17. The molecule has 20 heavy (non-hydrogen) atoms. The molecule has 0 bridgehead atoms. The lowest BCUT2D eigenvalue weighted by Gasteiger charge is -2.24. The van der Waals surface area contributed by atoms with Gasteiger partial charge in [-0.2, -0.15) is 0 Å². The molecule has 1 aliphatic rings. The van der Waals surface area contributed by atoms with Gasteiger partial charge in [-0.1, -0.05) is 6.42 Å². The number of benzene rings is 1. The molecule has 0 saturated carbocycles. The molecule has 1 fully saturated rings. The van der Waals surface area contributed by atoms with Crippen LogP contribution >= 0.6 is 0 Å². The van der Waals surface area contributed by atoms with Crippen molar-refractivity contribution in [3.63, 3.8) is 0 Å². The zero-order valence-corrected chi connectivity index (χ0v) is 11.4. The summed E-state index contributed by atoms with van der Waals surface area (Å²) in [5.41, 5.74) is 1.85. The second-order valence-corrected chi connectivity index (χ2v) is 5.21. The second kappa shape index (κ2) is 5.96. The molecule has 1 aromatic carbocycles. The predicted octanol–water partition coefficient (Wildman–Crippen LogP) is 1.72. The fourth-order valence-corrected chi connectivity index (χ4v) is 2.60. The van der Waals surface area contributed by atoms with Crippen molar-refractivity contribution < 1.29 is 0 Å². The van der Waals surface area contributed by atoms with Gasteiger partial charge in [-0.15, -0.1) is 0 Å². The average Bonchev–Trinajstić information content (AvgIpc) is 2.93. The number of nitrogens with one attached hydrogen (secondary N) is 3. The maximum absolute atomic E-state index is 11.5. The number of hydrogen-bond acceptors (Lipinski definition) is 3. The molecular weight excluding hydrogens is 252 g/mol. The molecule has 1 aliphatic heterocycles. The largest absolute Gasteiger partial charge is 0.383 e. The normalized spacial score (nSPS) is 18.9. The third kappa shape index (κ3) is 2.93. The fraction of sp³-hybridized carbons (Fsp3) is 0.400. The molecule has 1 atom stereocenters. The zero-order valence-electron chi connectivity index (χ0n) is 11.4. The van der Waals surface area contributed by atoms with Gasteiger partial charge in [0.2, 0.25) is 0 Å². The quantitative estimate of drug-likeness (QED) is 0.794. The standard InChI is InChI=1S/C15H20N4O/c20-15-17-9-10-19(15)14-6-4-12(5-7-14)18-11-13-3-1-2-8-16-13/h4-7,9-10,13,16,18H,1-3,8,11H2,(H,17,20). The first-order chi connectivity index (χ1) is 9.83. The van der Waals surface area contributed by atoms with E-state index in [9.17, 15) is 4.79 Å². The van der Waals surface area contributed by atoms with Gasteiger partial charge < -0.3 is 15.6 Å². The summed E-state index contributed by atoms with van der Waals surface area (Å²) in [5.74, 6) is 0. The molecule has 5 heteroatoms. The number of rotatable bonds is 4. The van der Waals surface area contributed by atoms with Gasteiger partial charge in [0.1, 0.15) is 0 Å². The minimum atomic E-state index is -0.114. The highest BCUT2D eigenvalue weighted by molar-refractivity contribution is 5.48. The SMILES string of the molecule is O=c1[nH]ccn1-c1ccc(NCC2CCCCN2)cc1. The molecule has 2 aromatic rings. The van der Waals surface area contributed by atoms with Crippen LogP contribution in [0.1, 0.15) is 19.3 Å². The summed E-state index contributed by atoms with van der Waals surface area (Å²) < 4.78 is 1.59. The summed E-state index contributed by atoms with van der Waals surface area (Å²) in [6, 6.07) is 8.49. The Morgan fingerprint density at radius 1 is 1.25 bits per heavy atom. The van der Waals surface area contributed by atoms with Gasteiger partial charge in [0.15, 0.2) is 0 Å². The fourth-order valence-electron chi connectivity index (χ4n) is 2.60. The van der Waals surface area contributed by atoms with E-state index in [1.165, 1.54) is 19.3 Å². The smallest absolute Gasteiger partial charge is 0.330 e. The number of nitrogens with zero attached hydrogens (tertiary/aromatic N) is 1. The molecule has 1 aromatic heterocycles. The van der Waals surface area contributed by atoms with Gasteiger partial charge >= 0.3 is 5.69 Å². The third-order valence-corrected chi connectivity index (χ3v) is 3.76. The lowest BCUT2D eigenvalue weighted by Crippen LogP contribution is -2.39. The molecule has 2 heterocycles. The Kier molecular flexibility index (Phi) is 3.87. The highest BCUT2D eigenvalue weighted by Crippen LogP contribution is 2.13. The van der Waals surface area contributed by atoms with E-state index < -0.39 is 0 Å². The Bertz CT molecular complexity index is 593. The Balaban J connectivity index is 1.61. The van der Waals surface area contributed by atoms with Crippen LogP contribution in [0.3, 0.4) is 0 Å². The van der Waals surface area contributed by atoms with Crippen LogP contribution in [-0.2, 0) is 0 Å². The van der Waals surface area contributed by atoms with E-state index in [0.717, 1.165) is 24.5 Å². The number of aromatic amines is 1. The van der Waals surface area contributed by atoms with Crippen molar-refractivity contribution in [2.24, 2.45) is 0 Å². The third-order valence-electron chi connectivity index (χ3n) is 3.76. The van der Waals surface area contributed by atoms with Gasteiger partial charge in [-0.3, -0.25) is 4.57 Å². The Labute approximate surface area is 118 Å². The van der Waals surface area contributed by atoms with Crippen molar-refractivity contribution in [1.82, 2.24) is 14.9 Å². The first kappa shape index (κ1) is 13.0. The van der Waals surface area contributed by atoms with Gasteiger partial charge in [-0.25, -0.2) is 4.79 Å². The van der Waals surface area contributed by atoms with E-state index in [0.29, 0.717) is 6.04 Å². The molecule has 5 nitrogen and oxygen atoms in total. The van der Waals surface area contributed by atoms with Crippen molar-refractivity contribution >= 4 is 5.69 Å². The van der Waals surface area contributed by atoms with Crippen LogP contribution in [0.5, 0.6) is 0 Å². The molecule has 3 rings (SSSR count). The minimum Gasteiger partial charge on any atom is -0.383 e. The van der Waals surface area contributed by atoms with Crippen LogP contribution in [-0.4, -0.2) is 28.7 Å². The highest BCUT2D eigenvalue weighted by atomic mass is 16.1. The molecule has 106 valence electrons. The van der Waals surface area contributed by atoms with Crippen LogP contribution in [0.4, 0.5) is 5.69 Å². The molecular formula is C15H20N4O. The van der Waals surface area contributed by atoms with Crippen LogP contribution in [0.15, 0.2) is 41.5 Å². The van der Waals surface area contributed by atoms with Crippen LogP contribution in [0, 0.1) is 0 Å². The number of H-pyrrole nitrogens is 1. The van der Waals surface area contributed by atoms with Crippen LogP contribution < -0.4 is 16.3 Å². The maximum atomic E-state index is 11.5. The zero-order chi connectivity index (χ0) is 13.8. The van der Waals surface area contributed by atoms with Crippen LogP contribution in [0.25, 0.3) is 5.69 Å². The molecule has 1 saturated heterocycles. The molecule has 3 N–H and O–H groups in total. The van der Waals surface area contributed by atoms with E-state index in [-0.39, 0.29) is 5.69 Å². The van der Waals surface area contributed by atoms with Crippen molar-refractivity contribution in [3.05, 3.63) is 47.1 Å². The van der Waals surface area contributed by atoms with Crippen molar-refractivity contribution in [2.45, 2.75) is 25.3 Å². The minimum absolute atomic E-state index is 0.114. The lowest BCUT2D eigenvalue weighted by atomic mass is 10.1. The predicted molar refractivity (Wildman–Crippen MR) is 80.5 cm³/mol. The molecule has 0 radical (unpaired) electrons. The number of imidazole rings is 1. The van der Waals surface area contributed by atoms with E-state index in [1.807, 2.05) is 24.3 Å². The van der Waals surface area contributed by atoms with Crippen molar-refractivity contribution in [2.75, 3.05) is 18.4 Å². The van der Waals surface area contributed by atoms with Gasteiger partial charge in [0, 0.05) is 30.7 Å². The van der Waals surface area contributed by atoms with Gasteiger partial charge in [-0.05, 0) is 43.7 Å². The molecule has 1 unspecified atom stereocenters. The van der Waals surface area contributed by atoms with Gasteiger partial charge in [0.05, 0.1) is 5.69 Å². The first-order valence-electron chi connectivity index (χ1n) is 7.17. The van der Waals surface area contributed by atoms with Crippen LogP contribution in [0.2, 0.25) is 0 Å². The topological polar surface area (TPSA) is 61.9 Å². The van der Waals surface area contributed by atoms with Crippen molar-refractivity contribution in [1.29, 1.82) is 0 Å². The molecule has 0 aliphatic carbocycles. The van der Waals surface area contributed by atoms with E-state index in [2.05, 4.69) is 15.6 Å². The number of anilines is 1. The summed E-state index contributed by atoms with van der Waals surface area (Å²) in [7, 11) is 0. The van der Waals surface area contributed by atoms with Crippen molar-refractivity contribution in [3.8, 4) is 5.69 Å². The summed E-state index contributed by atoms with van der Waals surface area (Å²) in [6.07, 6.45) is 7.22. The lowest BCUT2D eigenvalue weighted by molar-refractivity contribution is 0.414. The van der Waals surface area contributed by atoms with E-state index >= 15 is 0 Å². The Morgan fingerprint density at radius 3 is 2.75 bits per heavy atom. The molecule has 0 amide bonds. The molecule has 0 spiro atoms.